The lowest BCUT2D eigenvalue weighted by atomic mass is 10.1. The van der Waals surface area contributed by atoms with Crippen molar-refractivity contribution in [3.05, 3.63) is 29.8 Å². The van der Waals surface area contributed by atoms with Crippen LogP contribution in [0.4, 0.5) is 0 Å². The molecule has 0 amide bonds. The molecule has 0 saturated heterocycles. The molecular weight excluding hydrogens is 220 g/mol. The number of rotatable bonds is 8. The molecule has 4 nitrogen and oxygen atoms in total. The van der Waals surface area contributed by atoms with Crippen LogP contribution in [0.15, 0.2) is 24.3 Å². The summed E-state index contributed by atoms with van der Waals surface area (Å²) < 4.78 is 10.5. The molecule has 0 fully saturated rings. The predicted octanol–water partition coefficient (Wildman–Crippen LogP) is 1.52. The molecule has 17 heavy (non-hydrogen) atoms. The van der Waals surface area contributed by atoms with E-state index in [-0.39, 0.29) is 6.61 Å². The van der Waals surface area contributed by atoms with Crippen molar-refractivity contribution in [1.29, 1.82) is 0 Å². The van der Waals surface area contributed by atoms with Crippen LogP contribution in [0.5, 0.6) is 5.75 Å². The molecule has 1 aromatic carbocycles. The van der Waals surface area contributed by atoms with Gasteiger partial charge in [0.15, 0.2) is 0 Å². The van der Waals surface area contributed by atoms with Gasteiger partial charge in [-0.25, -0.2) is 0 Å². The fourth-order valence-corrected chi connectivity index (χ4v) is 1.41. The summed E-state index contributed by atoms with van der Waals surface area (Å²) in [4.78, 5) is 0. The molecule has 1 rings (SSSR count). The van der Waals surface area contributed by atoms with E-state index in [1.165, 1.54) is 0 Å². The molecule has 0 heterocycles. The molecule has 0 aliphatic carbocycles. The molecule has 0 aliphatic rings. The fraction of sp³-hybridized carbons (Fsp3) is 0.538. The Kier molecular flexibility index (Phi) is 6.62. The highest BCUT2D eigenvalue weighted by atomic mass is 16.5. The Bertz CT molecular complexity index is 297. The maximum atomic E-state index is 9.61. The van der Waals surface area contributed by atoms with Crippen LogP contribution in [0.2, 0.25) is 0 Å². The summed E-state index contributed by atoms with van der Waals surface area (Å²) in [6, 6.07) is 7.39. The number of aliphatic hydroxyl groups is 2. The van der Waals surface area contributed by atoms with Crippen molar-refractivity contribution in [3.8, 4) is 5.75 Å². The minimum absolute atomic E-state index is 0.0314. The van der Waals surface area contributed by atoms with E-state index in [1.54, 1.807) is 0 Å². The van der Waals surface area contributed by atoms with E-state index < -0.39 is 6.10 Å². The Balaban J connectivity index is 2.30. The molecule has 2 N–H and O–H groups in total. The zero-order chi connectivity index (χ0) is 12.5. The van der Waals surface area contributed by atoms with Gasteiger partial charge in [0.25, 0.3) is 0 Å². The molecular formula is C13H20O4. The summed E-state index contributed by atoms with van der Waals surface area (Å²) in [6.45, 7) is 3.22. The second kappa shape index (κ2) is 8.06. The highest BCUT2D eigenvalue weighted by Gasteiger charge is 2.04. The van der Waals surface area contributed by atoms with Gasteiger partial charge in [0.1, 0.15) is 12.4 Å². The maximum absolute atomic E-state index is 9.61. The summed E-state index contributed by atoms with van der Waals surface area (Å²) >= 11 is 0. The van der Waals surface area contributed by atoms with Crippen molar-refractivity contribution in [2.24, 2.45) is 0 Å². The topological polar surface area (TPSA) is 58.9 Å². The molecule has 1 atom stereocenters. The van der Waals surface area contributed by atoms with E-state index in [1.807, 2.05) is 31.2 Å². The molecule has 0 aromatic heterocycles. The number of hydrogen-bond donors (Lipinski definition) is 2. The Morgan fingerprint density at radius 3 is 2.41 bits per heavy atom. The van der Waals surface area contributed by atoms with E-state index in [9.17, 15) is 5.11 Å². The first kappa shape index (κ1) is 14.0. The van der Waals surface area contributed by atoms with Crippen LogP contribution in [0.25, 0.3) is 0 Å². The van der Waals surface area contributed by atoms with E-state index >= 15 is 0 Å². The number of aliphatic hydroxyl groups excluding tert-OH is 2. The minimum atomic E-state index is -0.406. The van der Waals surface area contributed by atoms with Crippen molar-refractivity contribution in [2.75, 3.05) is 26.4 Å². The minimum Gasteiger partial charge on any atom is -0.491 e. The van der Waals surface area contributed by atoms with Gasteiger partial charge in [0.05, 0.1) is 25.9 Å². The van der Waals surface area contributed by atoms with Gasteiger partial charge < -0.3 is 19.7 Å². The monoisotopic (exact) mass is 240 g/mol. The summed E-state index contributed by atoms with van der Waals surface area (Å²) in [5, 5.41) is 18.1. The quantitative estimate of drug-likeness (QED) is 0.676. The number of hydrogen-bond acceptors (Lipinski definition) is 4. The normalized spacial score (nSPS) is 12.4. The molecule has 0 spiro atoms. The van der Waals surface area contributed by atoms with Gasteiger partial charge in [-0.15, -0.1) is 0 Å². The molecule has 0 unspecified atom stereocenters. The third-order valence-corrected chi connectivity index (χ3v) is 2.38. The second-order valence-electron chi connectivity index (χ2n) is 3.68. The summed E-state index contributed by atoms with van der Waals surface area (Å²) in [5.74, 6) is 0.754. The summed E-state index contributed by atoms with van der Waals surface area (Å²) in [6.07, 6.45) is 0.298. The van der Waals surface area contributed by atoms with Crippen LogP contribution in [0.3, 0.4) is 0 Å². The lowest BCUT2D eigenvalue weighted by Gasteiger charge is -2.10. The molecule has 0 saturated carbocycles. The van der Waals surface area contributed by atoms with E-state index in [0.717, 1.165) is 11.3 Å². The van der Waals surface area contributed by atoms with Crippen molar-refractivity contribution in [1.82, 2.24) is 0 Å². The van der Waals surface area contributed by atoms with Crippen LogP contribution in [0.1, 0.15) is 25.0 Å². The first-order valence-electron chi connectivity index (χ1n) is 5.87. The van der Waals surface area contributed by atoms with E-state index in [4.69, 9.17) is 14.6 Å². The first-order valence-corrected chi connectivity index (χ1v) is 5.87. The van der Waals surface area contributed by atoms with E-state index in [2.05, 4.69) is 0 Å². The molecule has 96 valence electrons. The van der Waals surface area contributed by atoms with Gasteiger partial charge in [0, 0.05) is 0 Å². The van der Waals surface area contributed by atoms with Crippen molar-refractivity contribution in [2.45, 2.75) is 19.4 Å². The first-order chi connectivity index (χ1) is 8.27. The highest BCUT2D eigenvalue weighted by Crippen LogP contribution is 2.19. The molecule has 1 aromatic rings. The Labute approximate surface area is 102 Å². The van der Waals surface area contributed by atoms with Crippen molar-refractivity contribution < 1.29 is 19.7 Å². The van der Waals surface area contributed by atoms with Crippen LogP contribution in [-0.2, 0) is 4.74 Å². The van der Waals surface area contributed by atoms with Crippen LogP contribution in [0, 0.1) is 0 Å². The smallest absolute Gasteiger partial charge is 0.119 e. The standard InChI is InChI=1S/C13H20O4/c1-2-13(15)11-3-5-12(6-4-11)17-10-9-16-8-7-14/h3-6,13-15H,2,7-10H2,1H3/t13-/m1/s1. The van der Waals surface area contributed by atoms with Gasteiger partial charge in [-0.1, -0.05) is 19.1 Å². The predicted molar refractivity (Wildman–Crippen MR) is 65.1 cm³/mol. The molecule has 0 bridgehead atoms. The Morgan fingerprint density at radius 2 is 1.82 bits per heavy atom. The SMILES string of the molecule is CC[C@@H](O)c1ccc(OCCOCCO)cc1. The average Bonchev–Trinajstić information content (AvgIpc) is 2.38. The van der Waals surface area contributed by atoms with E-state index in [0.29, 0.717) is 26.2 Å². The van der Waals surface area contributed by atoms with Gasteiger partial charge in [-0.05, 0) is 24.1 Å². The Hall–Kier alpha value is -1.10. The third-order valence-electron chi connectivity index (χ3n) is 2.38. The third kappa shape index (κ3) is 5.17. The van der Waals surface area contributed by atoms with Gasteiger partial charge >= 0.3 is 0 Å². The summed E-state index contributed by atoms with van der Waals surface area (Å²) in [7, 11) is 0. The zero-order valence-electron chi connectivity index (χ0n) is 10.1. The number of ether oxygens (including phenoxy) is 2. The molecule has 0 aliphatic heterocycles. The highest BCUT2D eigenvalue weighted by molar-refractivity contribution is 5.28. The lowest BCUT2D eigenvalue weighted by molar-refractivity contribution is 0.0705. The van der Waals surface area contributed by atoms with Gasteiger partial charge in [-0.3, -0.25) is 0 Å². The second-order valence-corrected chi connectivity index (χ2v) is 3.68. The van der Waals surface area contributed by atoms with Crippen molar-refractivity contribution >= 4 is 0 Å². The lowest BCUT2D eigenvalue weighted by Crippen LogP contribution is -2.09. The van der Waals surface area contributed by atoms with Gasteiger partial charge in [-0.2, -0.15) is 0 Å². The van der Waals surface area contributed by atoms with Gasteiger partial charge in [0.2, 0.25) is 0 Å². The van der Waals surface area contributed by atoms with Crippen LogP contribution >= 0.6 is 0 Å². The van der Waals surface area contributed by atoms with Crippen LogP contribution in [-0.4, -0.2) is 36.6 Å². The largest absolute Gasteiger partial charge is 0.491 e. The fourth-order valence-electron chi connectivity index (χ4n) is 1.41. The molecule has 0 radical (unpaired) electrons. The van der Waals surface area contributed by atoms with Crippen LogP contribution < -0.4 is 4.74 Å². The summed E-state index contributed by atoms with van der Waals surface area (Å²) in [5.41, 5.74) is 0.899. The molecule has 4 heteroatoms. The number of benzene rings is 1. The Morgan fingerprint density at radius 1 is 1.12 bits per heavy atom. The zero-order valence-corrected chi connectivity index (χ0v) is 10.1. The maximum Gasteiger partial charge on any atom is 0.119 e. The van der Waals surface area contributed by atoms with Crippen molar-refractivity contribution in [3.63, 3.8) is 0 Å². The average molecular weight is 240 g/mol.